The van der Waals surface area contributed by atoms with Crippen LogP contribution < -0.4 is 19.9 Å². The molecule has 4 heterocycles. The maximum Gasteiger partial charge on any atom is 0.415 e. The van der Waals surface area contributed by atoms with E-state index in [9.17, 15) is 19.2 Å². The number of carbonyl (C=O) groups is 4. The van der Waals surface area contributed by atoms with E-state index in [1.54, 1.807) is 35.2 Å². The van der Waals surface area contributed by atoms with E-state index in [1.807, 2.05) is 30.3 Å². The third-order valence-corrected chi connectivity index (χ3v) is 8.31. The molecule has 2 fully saturated rings. The monoisotopic (exact) mass is 596 g/mol. The van der Waals surface area contributed by atoms with E-state index < -0.39 is 24.3 Å². The number of thiophene rings is 1. The van der Waals surface area contributed by atoms with E-state index in [1.165, 1.54) is 21.1 Å². The standard InChI is InChI=1S/C28H25ClN4O7S/c29-24-9-8-23(41-24)26(35)30-13-22-20-16-38-21-12-18(6-7-19(21)33(20)28(37)40-22)32-11-10-31(14-25(32)34)27(36)39-15-17-4-2-1-3-5-17/h1-9,12,20,22H,10-11,13-16H2,(H,30,35)/t20-,22-/m0/s1. The second-order valence-corrected chi connectivity index (χ2v) is 11.4. The summed E-state index contributed by atoms with van der Waals surface area (Å²) in [6.45, 7) is 0.879. The van der Waals surface area contributed by atoms with Gasteiger partial charge in [0.15, 0.2) is 0 Å². The normalized spacial score (nSPS) is 19.7. The van der Waals surface area contributed by atoms with E-state index in [0.717, 1.165) is 5.56 Å². The molecule has 3 aliphatic heterocycles. The molecule has 3 aliphatic rings. The number of benzene rings is 2. The van der Waals surface area contributed by atoms with Crippen LogP contribution >= 0.6 is 22.9 Å². The second-order valence-electron chi connectivity index (χ2n) is 9.64. The minimum atomic E-state index is -0.606. The molecule has 6 rings (SSSR count). The van der Waals surface area contributed by atoms with Crippen molar-refractivity contribution in [2.45, 2.75) is 18.8 Å². The Morgan fingerprint density at radius 2 is 1.90 bits per heavy atom. The summed E-state index contributed by atoms with van der Waals surface area (Å²) in [4.78, 5) is 55.6. The first-order valence-electron chi connectivity index (χ1n) is 12.9. The number of cyclic esters (lactones) is 1. The molecule has 0 saturated carbocycles. The molecule has 0 aliphatic carbocycles. The van der Waals surface area contributed by atoms with Crippen molar-refractivity contribution < 1.29 is 33.4 Å². The van der Waals surface area contributed by atoms with Gasteiger partial charge in [-0.1, -0.05) is 41.9 Å². The van der Waals surface area contributed by atoms with Crippen LogP contribution in [0.5, 0.6) is 5.75 Å². The van der Waals surface area contributed by atoms with Gasteiger partial charge in [-0.3, -0.25) is 19.4 Å². The van der Waals surface area contributed by atoms with Gasteiger partial charge in [-0.25, -0.2) is 9.59 Å². The topological polar surface area (TPSA) is 118 Å². The van der Waals surface area contributed by atoms with E-state index in [4.69, 9.17) is 25.8 Å². The van der Waals surface area contributed by atoms with Gasteiger partial charge in [-0.05, 0) is 29.8 Å². The van der Waals surface area contributed by atoms with Gasteiger partial charge in [0.05, 0.1) is 21.4 Å². The molecule has 0 unspecified atom stereocenters. The summed E-state index contributed by atoms with van der Waals surface area (Å²) >= 11 is 7.08. The van der Waals surface area contributed by atoms with Crippen LogP contribution in [-0.4, -0.2) is 73.8 Å². The lowest BCUT2D eigenvalue weighted by Crippen LogP contribution is -2.52. The Hall–Kier alpha value is -4.29. The van der Waals surface area contributed by atoms with Crippen LogP contribution in [0.2, 0.25) is 4.34 Å². The van der Waals surface area contributed by atoms with E-state index in [-0.39, 0.29) is 44.7 Å². The average Bonchev–Trinajstić information content (AvgIpc) is 3.57. The Labute approximate surface area is 244 Å². The first kappa shape index (κ1) is 26.9. The average molecular weight is 597 g/mol. The number of nitrogens with one attached hydrogen (secondary N) is 1. The number of ether oxygens (including phenoxy) is 3. The van der Waals surface area contributed by atoms with Gasteiger partial charge in [0.2, 0.25) is 5.91 Å². The third-order valence-electron chi connectivity index (χ3n) is 7.08. The molecule has 0 spiro atoms. The Morgan fingerprint density at radius 1 is 1.07 bits per heavy atom. The second kappa shape index (κ2) is 11.3. The molecule has 1 N–H and O–H groups in total. The minimum absolute atomic E-state index is 0.114. The highest BCUT2D eigenvalue weighted by Crippen LogP contribution is 2.41. The summed E-state index contributed by atoms with van der Waals surface area (Å²) in [7, 11) is 0. The number of hydrogen-bond donors (Lipinski definition) is 1. The van der Waals surface area contributed by atoms with Gasteiger partial charge >= 0.3 is 12.2 Å². The molecule has 2 saturated heterocycles. The van der Waals surface area contributed by atoms with Crippen LogP contribution in [0.1, 0.15) is 15.2 Å². The zero-order valence-corrected chi connectivity index (χ0v) is 23.2. The molecule has 13 heteroatoms. The van der Waals surface area contributed by atoms with Crippen LogP contribution in [0, 0.1) is 0 Å². The van der Waals surface area contributed by atoms with E-state index >= 15 is 0 Å². The molecule has 41 heavy (non-hydrogen) atoms. The summed E-state index contributed by atoms with van der Waals surface area (Å²) in [5, 5.41) is 2.79. The molecule has 1 aromatic heterocycles. The summed E-state index contributed by atoms with van der Waals surface area (Å²) in [6.07, 6.45) is -1.69. The Balaban J connectivity index is 1.07. The minimum Gasteiger partial charge on any atom is -0.489 e. The lowest BCUT2D eigenvalue weighted by Gasteiger charge is -2.35. The van der Waals surface area contributed by atoms with Crippen LogP contribution in [0.25, 0.3) is 0 Å². The molecule has 11 nitrogen and oxygen atoms in total. The number of nitrogens with zero attached hydrogens (tertiary/aromatic N) is 3. The number of rotatable bonds is 6. The molecule has 212 valence electrons. The molecular weight excluding hydrogens is 572 g/mol. The zero-order chi connectivity index (χ0) is 28.5. The van der Waals surface area contributed by atoms with Gasteiger partial charge in [0.1, 0.15) is 37.7 Å². The SMILES string of the molecule is O=C(NC[C@@H]1OC(=O)N2c3ccc(N4CCN(C(=O)OCc5ccccc5)CC4=O)cc3OC[C@@H]12)c1ccc(Cl)s1. The fourth-order valence-electron chi connectivity index (χ4n) is 4.99. The summed E-state index contributed by atoms with van der Waals surface area (Å²) in [5.41, 5.74) is 1.98. The van der Waals surface area contributed by atoms with E-state index in [0.29, 0.717) is 32.9 Å². The van der Waals surface area contributed by atoms with Crippen molar-refractivity contribution >= 4 is 58.3 Å². The largest absolute Gasteiger partial charge is 0.489 e. The number of hydrogen-bond acceptors (Lipinski definition) is 8. The Morgan fingerprint density at radius 3 is 2.66 bits per heavy atom. The van der Waals surface area contributed by atoms with Crippen molar-refractivity contribution in [3.05, 3.63) is 75.4 Å². The lowest BCUT2D eigenvalue weighted by atomic mass is 10.1. The maximum absolute atomic E-state index is 13.0. The summed E-state index contributed by atoms with van der Waals surface area (Å²) < 4.78 is 17.4. The van der Waals surface area contributed by atoms with Crippen molar-refractivity contribution in [2.24, 2.45) is 0 Å². The smallest absolute Gasteiger partial charge is 0.415 e. The molecule has 0 radical (unpaired) electrons. The van der Waals surface area contributed by atoms with Crippen molar-refractivity contribution in [2.75, 3.05) is 42.6 Å². The highest BCUT2D eigenvalue weighted by Gasteiger charge is 2.46. The number of piperazine rings is 1. The van der Waals surface area contributed by atoms with Crippen LogP contribution in [-0.2, 0) is 20.9 Å². The molecule has 0 bridgehead atoms. The first-order chi connectivity index (χ1) is 19.9. The quantitative estimate of drug-likeness (QED) is 0.458. The van der Waals surface area contributed by atoms with Crippen molar-refractivity contribution in [3.8, 4) is 5.75 Å². The molecule has 2 atom stereocenters. The number of fused-ring (bicyclic) bond motifs is 3. The Kier molecular flexibility index (Phi) is 7.41. The highest BCUT2D eigenvalue weighted by atomic mass is 35.5. The fourth-order valence-corrected chi connectivity index (χ4v) is 5.95. The molecule has 2 aromatic carbocycles. The van der Waals surface area contributed by atoms with Crippen LogP contribution in [0.15, 0.2) is 60.7 Å². The Bertz CT molecular complexity index is 1500. The van der Waals surface area contributed by atoms with E-state index in [2.05, 4.69) is 5.32 Å². The number of anilines is 2. The lowest BCUT2D eigenvalue weighted by molar-refractivity contribution is -0.120. The van der Waals surface area contributed by atoms with Crippen LogP contribution in [0.4, 0.5) is 21.0 Å². The predicted octanol–water partition coefficient (Wildman–Crippen LogP) is 3.90. The number of amides is 4. The van der Waals surface area contributed by atoms with Crippen molar-refractivity contribution in [1.82, 2.24) is 10.2 Å². The third kappa shape index (κ3) is 5.52. The van der Waals surface area contributed by atoms with Gasteiger partial charge in [0, 0.05) is 24.8 Å². The van der Waals surface area contributed by atoms with Gasteiger partial charge in [0.25, 0.3) is 5.91 Å². The van der Waals surface area contributed by atoms with Crippen LogP contribution in [0.3, 0.4) is 0 Å². The fraction of sp³-hybridized carbons (Fsp3) is 0.286. The number of halogens is 1. The predicted molar refractivity (Wildman–Crippen MR) is 151 cm³/mol. The number of carbonyl (C=O) groups excluding carboxylic acids is 4. The first-order valence-corrected chi connectivity index (χ1v) is 14.1. The van der Waals surface area contributed by atoms with Gasteiger partial charge in [-0.2, -0.15) is 0 Å². The van der Waals surface area contributed by atoms with Crippen molar-refractivity contribution in [1.29, 1.82) is 0 Å². The van der Waals surface area contributed by atoms with Gasteiger partial charge < -0.3 is 24.4 Å². The molecule has 3 aromatic rings. The van der Waals surface area contributed by atoms with Crippen molar-refractivity contribution in [3.63, 3.8) is 0 Å². The highest BCUT2D eigenvalue weighted by molar-refractivity contribution is 7.18. The summed E-state index contributed by atoms with van der Waals surface area (Å²) in [5.74, 6) is -0.122. The van der Waals surface area contributed by atoms with Gasteiger partial charge in [-0.15, -0.1) is 11.3 Å². The summed E-state index contributed by atoms with van der Waals surface area (Å²) in [6, 6.07) is 17.3. The molecular formula is C28H25ClN4O7S. The molecule has 4 amide bonds. The maximum atomic E-state index is 13.0. The zero-order valence-electron chi connectivity index (χ0n) is 21.7.